The van der Waals surface area contributed by atoms with Crippen molar-refractivity contribution in [2.75, 3.05) is 13.1 Å². The molecule has 0 saturated heterocycles. The average molecular weight is 494 g/mol. The Hall–Kier alpha value is -1.64. The molecule has 2 unspecified atom stereocenters. The minimum Gasteiger partial charge on any atom is -0.357 e. The van der Waals surface area contributed by atoms with Crippen LogP contribution in [0, 0.1) is 12.8 Å². The number of halogens is 1. The molecule has 28 heavy (non-hydrogen) atoms. The second kappa shape index (κ2) is 9.71. The smallest absolute Gasteiger partial charge is 0.191 e. The molecule has 0 radical (unpaired) electrons. The molecule has 4 rings (SSSR count). The van der Waals surface area contributed by atoms with Crippen LogP contribution < -0.4 is 10.6 Å². The van der Waals surface area contributed by atoms with Crippen molar-refractivity contribution in [1.29, 1.82) is 0 Å². The number of nitrogens with zero attached hydrogens (tertiary/aromatic N) is 4. The number of aromatic nitrogens is 3. The number of nitrogens with one attached hydrogen (secondary N) is 2. The van der Waals surface area contributed by atoms with Crippen LogP contribution in [0.4, 0.5) is 0 Å². The first kappa shape index (κ1) is 21.1. The van der Waals surface area contributed by atoms with Gasteiger partial charge in [0.1, 0.15) is 11.6 Å². The van der Waals surface area contributed by atoms with Gasteiger partial charge in [0.2, 0.25) is 0 Å². The molecule has 1 aliphatic carbocycles. The van der Waals surface area contributed by atoms with E-state index in [2.05, 4.69) is 56.6 Å². The number of aliphatic imine (C=N–C) groups is 1. The summed E-state index contributed by atoms with van der Waals surface area (Å²) in [5.41, 5.74) is 2.97. The number of hydrogen-bond acceptors (Lipinski definition) is 3. The standard InChI is InChI=1S/C21H30N6.HI/c1-3-22-21(24-19-10-9-17-6-4-5-7-18(17)12-19)23-13-16-8-11-20-26-25-15(2)27(20)14-16;/h4-7,16,19H,3,8-14H2,1-2H3,(H2,22,23,24);1H. The van der Waals surface area contributed by atoms with Gasteiger partial charge in [0, 0.05) is 32.1 Å². The summed E-state index contributed by atoms with van der Waals surface area (Å²) < 4.78 is 2.25. The molecule has 2 aliphatic rings. The summed E-state index contributed by atoms with van der Waals surface area (Å²) in [4.78, 5) is 4.91. The third kappa shape index (κ3) is 4.85. The molecule has 0 amide bonds. The van der Waals surface area contributed by atoms with Crippen molar-refractivity contribution in [3.8, 4) is 0 Å². The topological polar surface area (TPSA) is 67.1 Å². The Balaban J connectivity index is 0.00000225. The molecule has 1 aliphatic heterocycles. The van der Waals surface area contributed by atoms with Crippen molar-refractivity contribution in [1.82, 2.24) is 25.4 Å². The predicted octanol–water partition coefficient (Wildman–Crippen LogP) is 2.88. The van der Waals surface area contributed by atoms with Crippen molar-refractivity contribution in [3.05, 3.63) is 47.0 Å². The molecule has 0 saturated carbocycles. The highest BCUT2D eigenvalue weighted by molar-refractivity contribution is 14.0. The number of fused-ring (bicyclic) bond motifs is 2. The fourth-order valence-electron chi connectivity index (χ4n) is 4.23. The Morgan fingerprint density at radius 1 is 1.18 bits per heavy atom. The number of aryl methyl sites for hydroxylation is 3. The second-order valence-corrected chi connectivity index (χ2v) is 7.75. The Kier molecular flexibility index (Phi) is 7.31. The van der Waals surface area contributed by atoms with E-state index in [4.69, 9.17) is 4.99 Å². The first-order valence-electron chi connectivity index (χ1n) is 10.2. The van der Waals surface area contributed by atoms with E-state index in [1.807, 2.05) is 6.92 Å². The number of rotatable bonds is 4. The van der Waals surface area contributed by atoms with Gasteiger partial charge in [-0.15, -0.1) is 34.2 Å². The van der Waals surface area contributed by atoms with E-state index >= 15 is 0 Å². The molecular weight excluding hydrogens is 463 g/mol. The van der Waals surface area contributed by atoms with Crippen LogP contribution in [-0.4, -0.2) is 39.9 Å². The molecule has 6 nitrogen and oxygen atoms in total. The summed E-state index contributed by atoms with van der Waals surface area (Å²) in [6.45, 7) is 6.87. The van der Waals surface area contributed by atoms with Gasteiger partial charge in [-0.25, -0.2) is 0 Å². The van der Waals surface area contributed by atoms with E-state index in [9.17, 15) is 0 Å². The van der Waals surface area contributed by atoms with Gasteiger partial charge in [-0.05, 0) is 56.6 Å². The van der Waals surface area contributed by atoms with Gasteiger partial charge in [0.05, 0.1) is 0 Å². The van der Waals surface area contributed by atoms with E-state index in [1.54, 1.807) is 0 Å². The minimum absolute atomic E-state index is 0. The Bertz CT molecular complexity index is 815. The van der Waals surface area contributed by atoms with E-state index in [-0.39, 0.29) is 24.0 Å². The third-order valence-corrected chi connectivity index (χ3v) is 5.77. The number of hydrogen-bond donors (Lipinski definition) is 2. The van der Waals surface area contributed by atoms with Crippen molar-refractivity contribution < 1.29 is 0 Å². The summed E-state index contributed by atoms with van der Waals surface area (Å²) in [6.07, 6.45) is 5.52. The molecule has 0 fully saturated rings. The van der Waals surface area contributed by atoms with E-state index in [1.165, 1.54) is 11.1 Å². The summed E-state index contributed by atoms with van der Waals surface area (Å²) >= 11 is 0. The van der Waals surface area contributed by atoms with Gasteiger partial charge in [-0.3, -0.25) is 4.99 Å². The molecule has 2 atom stereocenters. The molecule has 2 N–H and O–H groups in total. The van der Waals surface area contributed by atoms with E-state index in [0.717, 1.165) is 69.3 Å². The average Bonchev–Trinajstić information content (AvgIpc) is 3.06. The fraction of sp³-hybridized carbons (Fsp3) is 0.571. The van der Waals surface area contributed by atoms with Gasteiger partial charge in [-0.2, -0.15) is 0 Å². The normalized spacial score (nSPS) is 21.3. The predicted molar refractivity (Wildman–Crippen MR) is 123 cm³/mol. The van der Waals surface area contributed by atoms with Gasteiger partial charge in [-0.1, -0.05) is 24.3 Å². The van der Waals surface area contributed by atoms with Crippen LogP contribution >= 0.6 is 24.0 Å². The van der Waals surface area contributed by atoms with Crippen LogP contribution in [-0.2, 0) is 25.8 Å². The molecule has 0 bridgehead atoms. The fourth-order valence-corrected chi connectivity index (χ4v) is 4.23. The first-order valence-corrected chi connectivity index (χ1v) is 10.2. The summed E-state index contributed by atoms with van der Waals surface area (Å²) in [6, 6.07) is 9.26. The number of guanidine groups is 1. The van der Waals surface area contributed by atoms with Crippen molar-refractivity contribution in [3.63, 3.8) is 0 Å². The Morgan fingerprint density at radius 3 is 2.82 bits per heavy atom. The molecule has 2 heterocycles. The molecule has 152 valence electrons. The number of benzene rings is 1. The van der Waals surface area contributed by atoms with Gasteiger partial charge in [0.25, 0.3) is 0 Å². The summed E-state index contributed by atoms with van der Waals surface area (Å²) in [5, 5.41) is 15.6. The van der Waals surface area contributed by atoms with Gasteiger partial charge >= 0.3 is 0 Å². The van der Waals surface area contributed by atoms with E-state index in [0.29, 0.717) is 12.0 Å². The zero-order valence-corrected chi connectivity index (χ0v) is 19.1. The van der Waals surface area contributed by atoms with Crippen LogP contribution in [0.5, 0.6) is 0 Å². The monoisotopic (exact) mass is 494 g/mol. The minimum atomic E-state index is 0. The highest BCUT2D eigenvalue weighted by Gasteiger charge is 2.22. The lowest BCUT2D eigenvalue weighted by Gasteiger charge is -2.27. The van der Waals surface area contributed by atoms with Crippen molar-refractivity contribution in [2.45, 2.75) is 58.5 Å². The molecule has 2 aromatic rings. The molecular formula is C21H31IN6. The molecule has 1 aromatic heterocycles. The zero-order valence-electron chi connectivity index (χ0n) is 16.8. The quantitative estimate of drug-likeness (QED) is 0.390. The first-order chi connectivity index (χ1) is 13.2. The van der Waals surface area contributed by atoms with Crippen LogP contribution in [0.15, 0.2) is 29.3 Å². The van der Waals surface area contributed by atoms with Crippen LogP contribution in [0.25, 0.3) is 0 Å². The lowest BCUT2D eigenvalue weighted by Crippen LogP contribution is -2.46. The lowest BCUT2D eigenvalue weighted by atomic mass is 9.88. The molecule has 7 heteroatoms. The van der Waals surface area contributed by atoms with Crippen LogP contribution in [0.3, 0.4) is 0 Å². The lowest BCUT2D eigenvalue weighted by molar-refractivity contribution is 0.369. The van der Waals surface area contributed by atoms with Gasteiger partial charge in [0.15, 0.2) is 5.96 Å². The maximum absolute atomic E-state index is 4.91. The molecule has 0 spiro atoms. The largest absolute Gasteiger partial charge is 0.357 e. The third-order valence-electron chi connectivity index (χ3n) is 5.77. The highest BCUT2D eigenvalue weighted by atomic mass is 127. The maximum Gasteiger partial charge on any atom is 0.191 e. The second-order valence-electron chi connectivity index (χ2n) is 7.75. The van der Waals surface area contributed by atoms with Crippen molar-refractivity contribution >= 4 is 29.9 Å². The Morgan fingerprint density at radius 2 is 2.00 bits per heavy atom. The maximum atomic E-state index is 4.91. The summed E-state index contributed by atoms with van der Waals surface area (Å²) in [7, 11) is 0. The van der Waals surface area contributed by atoms with Crippen molar-refractivity contribution in [2.24, 2.45) is 10.9 Å². The van der Waals surface area contributed by atoms with Crippen LogP contribution in [0.2, 0.25) is 0 Å². The SMILES string of the molecule is CCNC(=NCC1CCc2nnc(C)n2C1)NC1CCc2ccccc2C1.I. The highest BCUT2D eigenvalue weighted by Crippen LogP contribution is 2.22. The zero-order chi connectivity index (χ0) is 18.6. The molecule has 1 aromatic carbocycles. The van der Waals surface area contributed by atoms with E-state index < -0.39 is 0 Å². The van der Waals surface area contributed by atoms with Crippen LogP contribution in [0.1, 0.15) is 42.5 Å². The summed E-state index contributed by atoms with van der Waals surface area (Å²) in [5.74, 6) is 3.64. The Labute approximate surface area is 184 Å². The van der Waals surface area contributed by atoms with Gasteiger partial charge < -0.3 is 15.2 Å².